The SMILES string of the molecule is COc1ccc(F)c(C(O)c2c(Br)ccc(C(F)(F)F)c2Cl)n1. The van der Waals surface area contributed by atoms with E-state index in [1.165, 1.54) is 13.2 Å². The molecular formula is C14H9BrClF4NO2. The molecule has 124 valence electrons. The van der Waals surface area contributed by atoms with E-state index in [1.807, 2.05) is 0 Å². The molecule has 2 rings (SSSR count). The molecule has 2 aromatic rings. The van der Waals surface area contributed by atoms with E-state index in [9.17, 15) is 22.7 Å². The Morgan fingerprint density at radius 1 is 1.26 bits per heavy atom. The number of nitrogens with zero attached hydrogens (tertiary/aromatic N) is 1. The lowest BCUT2D eigenvalue weighted by atomic mass is 10.0. The van der Waals surface area contributed by atoms with Gasteiger partial charge in [-0.2, -0.15) is 13.2 Å². The maximum absolute atomic E-state index is 13.9. The molecule has 23 heavy (non-hydrogen) atoms. The van der Waals surface area contributed by atoms with Crippen LogP contribution in [0.2, 0.25) is 5.02 Å². The number of benzene rings is 1. The van der Waals surface area contributed by atoms with Gasteiger partial charge in [0.25, 0.3) is 0 Å². The van der Waals surface area contributed by atoms with Gasteiger partial charge in [0.1, 0.15) is 17.6 Å². The topological polar surface area (TPSA) is 42.4 Å². The molecule has 0 aliphatic carbocycles. The van der Waals surface area contributed by atoms with Crippen LogP contribution in [0.1, 0.15) is 22.9 Å². The van der Waals surface area contributed by atoms with Gasteiger partial charge in [0.2, 0.25) is 5.88 Å². The van der Waals surface area contributed by atoms with Crippen molar-refractivity contribution in [2.24, 2.45) is 0 Å². The van der Waals surface area contributed by atoms with Crippen molar-refractivity contribution in [2.75, 3.05) is 7.11 Å². The predicted molar refractivity (Wildman–Crippen MR) is 79.0 cm³/mol. The van der Waals surface area contributed by atoms with Gasteiger partial charge in [-0.1, -0.05) is 27.5 Å². The second kappa shape index (κ2) is 6.62. The number of ether oxygens (including phenoxy) is 1. The number of hydrogen-bond acceptors (Lipinski definition) is 3. The van der Waals surface area contributed by atoms with Gasteiger partial charge in [-0.05, 0) is 18.2 Å². The normalized spacial score (nSPS) is 13.0. The summed E-state index contributed by atoms with van der Waals surface area (Å²) in [6, 6.07) is 4.04. The second-order valence-electron chi connectivity index (χ2n) is 4.44. The summed E-state index contributed by atoms with van der Waals surface area (Å²) in [4.78, 5) is 3.73. The smallest absolute Gasteiger partial charge is 0.417 e. The van der Waals surface area contributed by atoms with Crippen LogP contribution in [0.5, 0.6) is 5.88 Å². The molecule has 0 radical (unpaired) electrons. The lowest BCUT2D eigenvalue weighted by Crippen LogP contribution is -2.12. The van der Waals surface area contributed by atoms with E-state index >= 15 is 0 Å². The number of alkyl halides is 3. The number of aliphatic hydroxyl groups is 1. The van der Waals surface area contributed by atoms with E-state index in [4.69, 9.17) is 16.3 Å². The summed E-state index contributed by atoms with van der Waals surface area (Å²) in [6.45, 7) is 0. The van der Waals surface area contributed by atoms with Crippen molar-refractivity contribution in [1.29, 1.82) is 0 Å². The molecule has 1 aromatic heterocycles. The Morgan fingerprint density at radius 3 is 2.48 bits per heavy atom. The zero-order valence-corrected chi connectivity index (χ0v) is 13.8. The Hall–Kier alpha value is -1.38. The minimum absolute atomic E-state index is 0.000305. The molecule has 0 bridgehead atoms. The van der Waals surface area contributed by atoms with Gasteiger partial charge in [0.15, 0.2) is 0 Å². The Kier molecular flexibility index (Phi) is 5.17. The minimum atomic E-state index is -4.72. The fraction of sp³-hybridized carbons (Fsp3) is 0.214. The molecule has 0 spiro atoms. The molecule has 1 unspecified atom stereocenters. The molecule has 0 saturated carbocycles. The van der Waals surface area contributed by atoms with E-state index in [0.717, 1.165) is 18.2 Å². The summed E-state index contributed by atoms with van der Waals surface area (Å²) < 4.78 is 57.6. The molecule has 0 amide bonds. The quantitative estimate of drug-likeness (QED) is 0.738. The fourth-order valence-corrected chi connectivity index (χ4v) is 2.96. The molecule has 0 saturated heterocycles. The molecule has 0 aliphatic rings. The highest BCUT2D eigenvalue weighted by molar-refractivity contribution is 9.10. The highest BCUT2D eigenvalue weighted by Crippen LogP contribution is 2.42. The molecule has 1 aromatic carbocycles. The van der Waals surface area contributed by atoms with Crippen LogP contribution in [0.3, 0.4) is 0 Å². The molecule has 0 fully saturated rings. The van der Waals surface area contributed by atoms with Crippen molar-refractivity contribution >= 4 is 27.5 Å². The zero-order valence-electron chi connectivity index (χ0n) is 11.5. The molecule has 3 nitrogen and oxygen atoms in total. The molecular weight excluding hydrogens is 406 g/mol. The third kappa shape index (κ3) is 3.59. The van der Waals surface area contributed by atoms with Gasteiger partial charge in [-0.3, -0.25) is 0 Å². The summed E-state index contributed by atoms with van der Waals surface area (Å²) in [5.74, 6) is -0.904. The maximum Gasteiger partial charge on any atom is 0.417 e. The van der Waals surface area contributed by atoms with E-state index in [1.54, 1.807) is 0 Å². The molecule has 0 aliphatic heterocycles. The number of pyridine rings is 1. The summed E-state index contributed by atoms with van der Waals surface area (Å²) in [6.07, 6.45) is -6.53. The van der Waals surface area contributed by atoms with Crippen LogP contribution in [0, 0.1) is 5.82 Å². The number of rotatable bonds is 3. The van der Waals surface area contributed by atoms with Crippen LogP contribution in [-0.2, 0) is 6.18 Å². The summed E-state index contributed by atoms with van der Waals surface area (Å²) in [5.41, 5.74) is -1.97. The zero-order chi connectivity index (χ0) is 17.4. The van der Waals surface area contributed by atoms with Crippen molar-refractivity contribution in [3.8, 4) is 5.88 Å². The fourth-order valence-electron chi connectivity index (χ4n) is 1.92. The molecule has 1 heterocycles. The first-order chi connectivity index (χ1) is 10.7. The van der Waals surface area contributed by atoms with Gasteiger partial charge in [0.05, 0.1) is 17.7 Å². The van der Waals surface area contributed by atoms with Gasteiger partial charge < -0.3 is 9.84 Å². The third-order valence-corrected chi connectivity index (χ3v) is 4.12. The number of aromatic nitrogens is 1. The summed E-state index contributed by atoms with van der Waals surface area (Å²) >= 11 is 8.79. The van der Waals surface area contributed by atoms with Crippen LogP contribution in [-0.4, -0.2) is 17.2 Å². The molecule has 1 atom stereocenters. The van der Waals surface area contributed by atoms with Crippen LogP contribution in [0.4, 0.5) is 17.6 Å². The molecule has 1 N–H and O–H groups in total. The lowest BCUT2D eigenvalue weighted by molar-refractivity contribution is -0.137. The van der Waals surface area contributed by atoms with Crippen molar-refractivity contribution in [3.05, 3.63) is 56.4 Å². The van der Waals surface area contributed by atoms with Crippen molar-refractivity contribution in [1.82, 2.24) is 4.98 Å². The summed E-state index contributed by atoms with van der Waals surface area (Å²) in [5, 5.41) is 9.57. The van der Waals surface area contributed by atoms with Gasteiger partial charge >= 0.3 is 6.18 Å². The second-order valence-corrected chi connectivity index (χ2v) is 5.68. The van der Waals surface area contributed by atoms with Crippen molar-refractivity contribution in [3.63, 3.8) is 0 Å². The van der Waals surface area contributed by atoms with Gasteiger partial charge in [-0.25, -0.2) is 9.37 Å². The van der Waals surface area contributed by atoms with Crippen LogP contribution in [0.15, 0.2) is 28.7 Å². The van der Waals surface area contributed by atoms with Crippen molar-refractivity contribution < 1.29 is 27.4 Å². The number of halogens is 6. The van der Waals surface area contributed by atoms with Gasteiger partial charge in [-0.15, -0.1) is 0 Å². The maximum atomic E-state index is 13.9. The highest BCUT2D eigenvalue weighted by atomic mass is 79.9. The monoisotopic (exact) mass is 413 g/mol. The number of aliphatic hydroxyl groups excluding tert-OH is 1. The standard InChI is InChI=1S/C14H9BrClF4NO2/c1-23-9-5-4-8(17)12(21-9)13(22)10-7(15)3-2-6(11(10)16)14(18,19)20/h2-5,13,22H,1H3. The first-order valence-electron chi connectivity index (χ1n) is 6.10. The van der Waals surface area contributed by atoms with E-state index in [0.29, 0.717) is 0 Å². The van der Waals surface area contributed by atoms with Crippen molar-refractivity contribution in [2.45, 2.75) is 12.3 Å². The number of methoxy groups -OCH3 is 1. The summed E-state index contributed by atoms with van der Waals surface area (Å²) in [7, 11) is 1.28. The lowest BCUT2D eigenvalue weighted by Gasteiger charge is -2.18. The van der Waals surface area contributed by atoms with E-state index < -0.39 is 34.4 Å². The minimum Gasteiger partial charge on any atom is -0.481 e. The van der Waals surface area contributed by atoms with Gasteiger partial charge in [0, 0.05) is 16.1 Å². The van der Waals surface area contributed by atoms with E-state index in [2.05, 4.69) is 20.9 Å². The average molecular weight is 415 g/mol. The number of hydrogen-bond donors (Lipinski definition) is 1. The first-order valence-corrected chi connectivity index (χ1v) is 7.27. The Balaban J connectivity index is 2.62. The third-order valence-electron chi connectivity index (χ3n) is 3.02. The highest BCUT2D eigenvalue weighted by Gasteiger charge is 2.36. The Bertz CT molecular complexity index is 739. The van der Waals surface area contributed by atoms with Crippen LogP contribution in [0.25, 0.3) is 0 Å². The van der Waals surface area contributed by atoms with Crippen LogP contribution < -0.4 is 4.74 Å². The first kappa shape index (κ1) is 18.0. The largest absolute Gasteiger partial charge is 0.481 e. The Morgan fingerprint density at radius 2 is 1.91 bits per heavy atom. The molecule has 9 heteroatoms. The average Bonchev–Trinajstić information content (AvgIpc) is 2.46. The predicted octanol–water partition coefficient (Wildman–Crippen LogP) is 4.75. The Labute approximate surface area is 142 Å². The van der Waals surface area contributed by atoms with E-state index in [-0.39, 0.29) is 15.9 Å². The van der Waals surface area contributed by atoms with Crippen LogP contribution >= 0.6 is 27.5 Å².